The molecule has 0 heterocycles. The summed E-state index contributed by atoms with van der Waals surface area (Å²) in [7, 11) is 1.57. The topological polar surface area (TPSA) is 56.8 Å². The normalized spacial score (nSPS) is 11.0. The minimum Gasteiger partial charge on any atom is -0.493 e. The first-order valence-corrected chi connectivity index (χ1v) is 9.27. The third-order valence-electron chi connectivity index (χ3n) is 4.18. The van der Waals surface area contributed by atoms with Crippen molar-refractivity contribution in [3.05, 3.63) is 59.7 Å². The van der Waals surface area contributed by atoms with Crippen LogP contribution in [0.3, 0.4) is 0 Å². The predicted octanol–water partition coefficient (Wildman–Crippen LogP) is 2.63. The van der Waals surface area contributed by atoms with Crippen LogP contribution < -0.4 is 14.8 Å². The Morgan fingerprint density at radius 2 is 1.79 bits per heavy atom. The number of ether oxygens (including phenoxy) is 3. The van der Waals surface area contributed by atoms with E-state index in [0.29, 0.717) is 30.9 Å². The molecule has 0 radical (unpaired) electrons. The van der Waals surface area contributed by atoms with E-state index in [1.54, 1.807) is 7.11 Å². The van der Waals surface area contributed by atoms with Crippen LogP contribution in [-0.2, 0) is 22.4 Å². The number of carbonyl (C=O) groups is 1. The molecule has 150 valence electrons. The van der Waals surface area contributed by atoms with Gasteiger partial charge in [-0.3, -0.25) is 4.79 Å². The Labute approximate surface area is 172 Å². The molecular formula is C24H25NO4. The minimum absolute atomic E-state index is 0.0846. The first-order valence-electron chi connectivity index (χ1n) is 9.27. The summed E-state index contributed by atoms with van der Waals surface area (Å²) < 4.78 is 16.3. The molecule has 2 rings (SSSR count). The Balaban J connectivity index is 1.92. The Morgan fingerprint density at radius 1 is 1.03 bits per heavy atom. The third kappa shape index (κ3) is 7.25. The van der Waals surface area contributed by atoms with Gasteiger partial charge in [0.1, 0.15) is 19.3 Å². The van der Waals surface area contributed by atoms with Gasteiger partial charge in [0.05, 0.1) is 7.11 Å². The second-order valence-corrected chi connectivity index (χ2v) is 6.21. The quantitative estimate of drug-likeness (QED) is 0.599. The van der Waals surface area contributed by atoms with Crippen LogP contribution in [0.4, 0.5) is 0 Å². The highest BCUT2D eigenvalue weighted by atomic mass is 16.5. The van der Waals surface area contributed by atoms with Crippen molar-refractivity contribution in [2.75, 3.05) is 26.9 Å². The van der Waals surface area contributed by atoms with E-state index >= 15 is 0 Å². The molecule has 1 N–H and O–H groups in total. The fraction of sp³-hybridized carbons (Fsp3) is 0.292. The van der Waals surface area contributed by atoms with Gasteiger partial charge in [0.15, 0.2) is 11.5 Å². The zero-order valence-corrected chi connectivity index (χ0v) is 16.5. The highest BCUT2D eigenvalue weighted by molar-refractivity contribution is 5.81. The molecule has 1 amide bonds. The van der Waals surface area contributed by atoms with E-state index in [1.807, 2.05) is 48.5 Å². The fourth-order valence-corrected chi connectivity index (χ4v) is 2.75. The Hall–Kier alpha value is -3.41. The lowest BCUT2D eigenvalue weighted by atomic mass is 10.1. The van der Waals surface area contributed by atoms with Gasteiger partial charge in [-0.1, -0.05) is 48.2 Å². The van der Waals surface area contributed by atoms with E-state index < -0.39 is 6.10 Å². The summed E-state index contributed by atoms with van der Waals surface area (Å²) in [5, 5.41) is 2.92. The van der Waals surface area contributed by atoms with E-state index in [-0.39, 0.29) is 19.1 Å². The number of nitrogens with one attached hydrogen (secondary N) is 1. The van der Waals surface area contributed by atoms with Crippen molar-refractivity contribution in [1.82, 2.24) is 5.32 Å². The summed E-state index contributed by atoms with van der Waals surface area (Å²) in [6.45, 7) is 0.713. The molecule has 2 aromatic carbocycles. The highest BCUT2D eigenvalue weighted by Crippen LogP contribution is 2.28. The number of terminal acetylenes is 2. The van der Waals surface area contributed by atoms with Gasteiger partial charge in [-0.15, -0.1) is 12.8 Å². The first kappa shape index (κ1) is 21.9. The van der Waals surface area contributed by atoms with Crippen molar-refractivity contribution in [2.24, 2.45) is 0 Å². The average molecular weight is 391 g/mol. The molecule has 2 aromatic rings. The van der Waals surface area contributed by atoms with Crippen molar-refractivity contribution in [2.45, 2.75) is 18.9 Å². The molecule has 0 fully saturated rings. The number of carbonyl (C=O) groups excluding carboxylic acids is 1. The molecule has 1 atom stereocenters. The molecule has 0 aromatic heterocycles. The van der Waals surface area contributed by atoms with E-state index in [1.165, 1.54) is 0 Å². The zero-order chi connectivity index (χ0) is 20.9. The maximum atomic E-state index is 12.6. The van der Waals surface area contributed by atoms with Crippen LogP contribution >= 0.6 is 0 Å². The second kappa shape index (κ2) is 12.1. The number of benzene rings is 2. The average Bonchev–Trinajstić information content (AvgIpc) is 2.76. The highest BCUT2D eigenvalue weighted by Gasteiger charge is 2.19. The number of hydrogen-bond donors (Lipinski definition) is 1. The summed E-state index contributed by atoms with van der Waals surface area (Å²) >= 11 is 0. The molecule has 29 heavy (non-hydrogen) atoms. The maximum Gasteiger partial charge on any atom is 0.249 e. The molecule has 0 aliphatic carbocycles. The smallest absolute Gasteiger partial charge is 0.249 e. The molecule has 0 unspecified atom stereocenters. The minimum atomic E-state index is -0.637. The second-order valence-electron chi connectivity index (χ2n) is 6.21. The lowest BCUT2D eigenvalue weighted by Gasteiger charge is -2.17. The van der Waals surface area contributed by atoms with Crippen LogP contribution in [-0.4, -0.2) is 38.9 Å². The summed E-state index contributed by atoms with van der Waals surface area (Å²) in [5.74, 6) is 5.83. The van der Waals surface area contributed by atoms with E-state index in [2.05, 4.69) is 17.2 Å². The van der Waals surface area contributed by atoms with Gasteiger partial charge in [-0.05, 0) is 29.7 Å². The van der Waals surface area contributed by atoms with Gasteiger partial charge in [-0.2, -0.15) is 0 Å². The van der Waals surface area contributed by atoms with Gasteiger partial charge in [0.2, 0.25) is 5.91 Å². The molecular weight excluding hydrogens is 366 g/mol. The standard InChI is InChI=1S/C24H25NO4/c1-4-15-28-21-12-11-20(17-22(21)27-3)13-14-25-24(26)23(29-16-5-2)18-19-9-7-6-8-10-19/h1-2,6-12,17,23H,13-16,18H2,3H3,(H,25,26)/t23-/m1/s1. The molecule has 0 saturated carbocycles. The molecule has 0 aliphatic heterocycles. The molecule has 5 nitrogen and oxygen atoms in total. The van der Waals surface area contributed by atoms with Crippen LogP contribution in [0.15, 0.2) is 48.5 Å². The van der Waals surface area contributed by atoms with Gasteiger partial charge in [0, 0.05) is 13.0 Å². The number of methoxy groups -OCH3 is 1. The van der Waals surface area contributed by atoms with E-state index in [4.69, 9.17) is 27.1 Å². The largest absolute Gasteiger partial charge is 0.493 e. The van der Waals surface area contributed by atoms with Crippen LogP contribution in [0.1, 0.15) is 11.1 Å². The lowest BCUT2D eigenvalue weighted by molar-refractivity contribution is -0.131. The van der Waals surface area contributed by atoms with Crippen molar-refractivity contribution < 1.29 is 19.0 Å². The van der Waals surface area contributed by atoms with Crippen molar-refractivity contribution in [3.8, 4) is 36.2 Å². The SMILES string of the molecule is C#CCOc1ccc(CCNC(=O)[C@@H](Cc2ccccc2)OCC#C)cc1OC. The summed E-state index contributed by atoms with van der Waals surface area (Å²) in [5.41, 5.74) is 2.01. The maximum absolute atomic E-state index is 12.6. The van der Waals surface area contributed by atoms with Crippen LogP contribution in [0.5, 0.6) is 11.5 Å². The van der Waals surface area contributed by atoms with Crippen LogP contribution in [0.25, 0.3) is 0 Å². The third-order valence-corrected chi connectivity index (χ3v) is 4.18. The Kier molecular flexibility index (Phi) is 9.15. The summed E-state index contributed by atoms with van der Waals surface area (Å²) in [4.78, 5) is 12.6. The molecule has 0 aliphatic rings. The Bertz CT molecular complexity index is 865. The monoisotopic (exact) mass is 391 g/mol. The van der Waals surface area contributed by atoms with Crippen LogP contribution in [0, 0.1) is 24.7 Å². The molecule has 0 spiro atoms. The van der Waals surface area contributed by atoms with E-state index in [9.17, 15) is 4.79 Å². The predicted molar refractivity (Wildman–Crippen MR) is 113 cm³/mol. The Morgan fingerprint density at radius 3 is 2.48 bits per heavy atom. The number of hydrogen-bond acceptors (Lipinski definition) is 4. The molecule has 0 bridgehead atoms. The van der Waals surface area contributed by atoms with Crippen LogP contribution in [0.2, 0.25) is 0 Å². The summed E-state index contributed by atoms with van der Waals surface area (Å²) in [6.07, 6.45) is 10.9. The zero-order valence-electron chi connectivity index (χ0n) is 16.5. The van der Waals surface area contributed by atoms with Gasteiger partial charge in [0.25, 0.3) is 0 Å². The fourth-order valence-electron chi connectivity index (χ4n) is 2.75. The van der Waals surface area contributed by atoms with Gasteiger partial charge >= 0.3 is 0 Å². The molecule has 5 heteroatoms. The van der Waals surface area contributed by atoms with Gasteiger partial charge in [-0.25, -0.2) is 0 Å². The van der Waals surface area contributed by atoms with E-state index in [0.717, 1.165) is 11.1 Å². The van der Waals surface area contributed by atoms with Crippen molar-refractivity contribution in [1.29, 1.82) is 0 Å². The van der Waals surface area contributed by atoms with Crippen molar-refractivity contribution >= 4 is 5.91 Å². The summed E-state index contributed by atoms with van der Waals surface area (Å²) in [6, 6.07) is 15.3. The van der Waals surface area contributed by atoms with Crippen molar-refractivity contribution in [3.63, 3.8) is 0 Å². The number of rotatable bonds is 11. The van der Waals surface area contributed by atoms with Gasteiger partial charge < -0.3 is 19.5 Å². The number of amides is 1. The first-order chi connectivity index (χ1) is 14.2. The molecule has 0 saturated heterocycles. The lowest BCUT2D eigenvalue weighted by Crippen LogP contribution is -2.39.